The zero-order valence-electron chi connectivity index (χ0n) is 12.2. The van der Waals surface area contributed by atoms with Crippen LogP contribution in [-0.4, -0.2) is 10.9 Å². The molecule has 0 saturated heterocycles. The molecule has 2 aromatic carbocycles. The van der Waals surface area contributed by atoms with Gasteiger partial charge >= 0.3 is 0 Å². The molecule has 1 amide bonds. The summed E-state index contributed by atoms with van der Waals surface area (Å²) < 4.78 is 5.64. The maximum atomic E-state index is 12.0. The van der Waals surface area contributed by atoms with Crippen LogP contribution in [0.25, 0.3) is 27.9 Å². The predicted molar refractivity (Wildman–Crippen MR) is 91.0 cm³/mol. The summed E-state index contributed by atoms with van der Waals surface area (Å²) in [5.74, 6) is 0.446. The van der Waals surface area contributed by atoms with Gasteiger partial charge in [-0.3, -0.25) is 4.79 Å². The van der Waals surface area contributed by atoms with Gasteiger partial charge in [-0.2, -0.15) is 0 Å². The number of carbonyl (C=O) groups excluding carboxylic acids is 1. The number of benzene rings is 2. The van der Waals surface area contributed by atoms with E-state index >= 15 is 0 Å². The Morgan fingerprint density at radius 3 is 2.96 bits per heavy atom. The molecule has 1 radical (unpaired) electrons. The van der Waals surface area contributed by atoms with Gasteiger partial charge in [0.1, 0.15) is 11.3 Å². The fourth-order valence-electron chi connectivity index (χ4n) is 2.49. The molecule has 23 heavy (non-hydrogen) atoms. The van der Waals surface area contributed by atoms with Gasteiger partial charge in [0, 0.05) is 28.1 Å². The van der Waals surface area contributed by atoms with Crippen molar-refractivity contribution in [3.8, 4) is 0 Å². The van der Waals surface area contributed by atoms with E-state index < -0.39 is 0 Å². The van der Waals surface area contributed by atoms with Gasteiger partial charge in [0.25, 0.3) is 0 Å². The monoisotopic (exact) mass is 301 g/mol. The second kappa shape index (κ2) is 5.50. The Kier molecular flexibility index (Phi) is 3.20. The first-order chi connectivity index (χ1) is 11.3. The summed E-state index contributed by atoms with van der Waals surface area (Å²) >= 11 is 0. The highest BCUT2D eigenvalue weighted by atomic mass is 16.3. The molecule has 0 unspecified atom stereocenters. The van der Waals surface area contributed by atoms with Crippen molar-refractivity contribution in [1.82, 2.24) is 4.98 Å². The third-order valence-corrected chi connectivity index (χ3v) is 3.60. The van der Waals surface area contributed by atoms with Gasteiger partial charge in [-0.15, -0.1) is 0 Å². The molecule has 4 rings (SSSR count). The molecule has 0 spiro atoms. The smallest absolute Gasteiger partial charge is 0.248 e. The molecule has 2 aromatic heterocycles. The van der Waals surface area contributed by atoms with E-state index in [-0.39, 0.29) is 5.91 Å². The van der Waals surface area contributed by atoms with Crippen LogP contribution in [0.4, 0.5) is 5.69 Å². The Bertz CT molecular complexity index is 991. The number of aromatic amines is 1. The summed E-state index contributed by atoms with van der Waals surface area (Å²) in [6.07, 6.45) is 6.04. The van der Waals surface area contributed by atoms with Crippen molar-refractivity contribution in [2.24, 2.45) is 0 Å². The standard InChI is InChI=1S/C19H13N2O2/c22-19(21-15-5-7-17-13(11-15)9-10-20-17)8-6-16-12-14-3-1-2-4-18(14)23-16/h1-9,11-12,20H,(H,21,22). The normalized spacial score (nSPS) is 11.5. The Balaban J connectivity index is 1.50. The highest BCUT2D eigenvalue weighted by Crippen LogP contribution is 2.20. The molecule has 0 aliphatic carbocycles. The van der Waals surface area contributed by atoms with Crippen LogP contribution >= 0.6 is 0 Å². The molecular formula is C19H13N2O2. The largest absolute Gasteiger partial charge is 0.457 e. The maximum absolute atomic E-state index is 12.0. The molecule has 0 aliphatic heterocycles. The van der Waals surface area contributed by atoms with Gasteiger partial charge in [0.2, 0.25) is 5.91 Å². The topological polar surface area (TPSA) is 58.0 Å². The van der Waals surface area contributed by atoms with Gasteiger partial charge in [0.15, 0.2) is 0 Å². The van der Waals surface area contributed by atoms with E-state index in [1.807, 2.05) is 54.6 Å². The lowest BCUT2D eigenvalue weighted by Gasteiger charge is -2.01. The molecule has 4 nitrogen and oxygen atoms in total. The molecule has 4 aromatic rings. The zero-order valence-corrected chi connectivity index (χ0v) is 12.2. The van der Waals surface area contributed by atoms with Gasteiger partial charge in [-0.1, -0.05) is 18.2 Å². The van der Waals surface area contributed by atoms with Crippen molar-refractivity contribution in [3.63, 3.8) is 0 Å². The second-order valence-electron chi connectivity index (χ2n) is 5.22. The number of anilines is 1. The van der Waals surface area contributed by atoms with Gasteiger partial charge in [-0.25, -0.2) is 0 Å². The number of para-hydroxylation sites is 1. The maximum Gasteiger partial charge on any atom is 0.248 e. The molecule has 0 saturated carbocycles. The molecule has 2 N–H and O–H groups in total. The highest BCUT2D eigenvalue weighted by molar-refractivity contribution is 6.03. The molecule has 111 valence electrons. The van der Waals surface area contributed by atoms with Crippen LogP contribution in [0.1, 0.15) is 5.76 Å². The Labute approximate surface area is 132 Å². The number of amides is 1. The van der Waals surface area contributed by atoms with Crippen molar-refractivity contribution >= 4 is 39.5 Å². The molecule has 0 aliphatic rings. The van der Waals surface area contributed by atoms with Crippen LogP contribution < -0.4 is 5.32 Å². The van der Waals surface area contributed by atoms with Crippen LogP contribution in [0.5, 0.6) is 0 Å². The molecule has 2 heterocycles. The van der Waals surface area contributed by atoms with E-state index in [2.05, 4.69) is 16.5 Å². The number of rotatable bonds is 3. The summed E-state index contributed by atoms with van der Waals surface area (Å²) in [6, 6.07) is 17.1. The first kappa shape index (κ1) is 13.4. The zero-order chi connectivity index (χ0) is 15.6. The summed E-state index contributed by atoms with van der Waals surface area (Å²) in [6.45, 7) is 0. The van der Waals surface area contributed by atoms with Crippen molar-refractivity contribution < 1.29 is 9.21 Å². The first-order valence-electron chi connectivity index (χ1n) is 7.24. The van der Waals surface area contributed by atoms with E-state index in [4.69, 9.17) is 4.42 Å². The lowest BCUT2D eigenvalue weighted by molar-refractivity contribution is -0.111. The minimum absolute atomic E-state index is 0.204. The van der Waals surface area contributed by atoms with Gasteiger partial charge in [0.05, 0.1) is 6.20 Å². The SMILES string of the molecule is O=C(C=Cc1cc2ccccc2o1)Nc1ccc2[nH][c]cc2c1. The number of fused-ring (bicyclic) bond motifs is 2. The second-order valence-corrected chi connectivity index (χ2v) is 5.22. The molecule has 0 bridgehead atoms. The lowest BCUT2D eigenvalue weighted by atomic mass is 10.2. The minimum atomic E-state index is -0.204. The number of H-pyrrole nitrogens is 1. The van der Waals surface area contributed by atoms with Crippen molar-refractivity contribution in [2.75, 3.05) is 5.32 Å². The van der Waals surface area contributed by atoms with Gasteiger partial charge in [-0.05, 0) is 42.5 Å². The number of nitrogens with one attached hydrogen (secondary N) is 2. The molecular weight excluding hydrogens is 288 g/mol. The Hall–Kier alpha value is -3.27. The van der Waals surface area contributed by atoms with E-state index in [1.54, 1.807) is 6.08 Å². The third-order valence-electron chi connectivity index (χ3n) is 3.60. The quantitative estimate of drug-likeness (QED) is 0.552. The number of hydrogen-bond acceptors (Lipinski definition) is 2. The van der Waals surface area contributed by atoms with Crippen molar-refractivity contribution in [2.45, 2.75) is 0 Å². The molecule has 0 fully saturated rings. The summed E-state index contributed by atoms with van der Waals surface area (Å²) in [5, 5.41) is 4.85. The fourth-order valence-corrected chi connectivity index (χ4v) is 2.49. The van der Waals surface area contributed by atoms with Crippen LogP contribution in [0.2, 0.25) is 0 Å². The Morgan fingerprint density at radius 1 is 1.13 bits per heavy atom. The van der Waals surface area contributed by atoms with E-state index in [1.165, 1.54) is 6.08 Å². The van der Waals surface area contributed by atoms with E-state index in [0.29, 0.717) is 5.76 Å². The van der Waals surface area contributed by atoms with Crippen LogP contribution in [-0.2, 0) is 4.79 Å². The summed E-state index contributed by atoms with van der Waals surface area (Å²) in [4.78, 5) is 15.0. The van der Waals surface area contributed by atoms with Crippen molar-refractivity contribution in [1.29, 1.82) is 0 Å². The van der Waals surface area contributed by atoms with Crippen LogP contribution in [0.3, 0.4) is 0 Å². The van der Waals surface area contributed by atoms with E-state index in [0.717, 1.165) is 27.6 Å². The minimum Gasteiger partial charge on any atom is -0.457 e. The van der Waals surface area contributed by atoms with E-state index in [9.17, 15) is 4.79 Å². The summed E-state index contributed by atoms with van der Waals surface area (Å²) in [7, 11) is 0. The van der Waals surface area contributed by atoms with Crippen LogP contribution in [0, 0.1) is 6.20 Å². The summed E-state index contributed by atoms with van der Waals surface area (Å²) in [5.41, 5.74) is 2.53. The van der Waals surface area contributed by atoms with Crippen molar-refractivity contribution in [3.05, 3.63) is 72.6 Å². The average molecular weight is 301 g/mol. The molecule has 4 heteroatoms. The Morgan fingerprint density at radius 2 is 2.04 bits per heavy atom. The third kappa shape index (κ3) is 2.74. The number of carbonyl (C=O) groups is 1. The van der Waals surface area contributed by atoms with Gasteiger partial charge < -0.3 is 14.7 Å². The first-order valence-corrected chi connectivity index (χ1v) is 7.24. The number of furan rings is 1. The number of aromatic nitrogens is 1. The lowest BCUT2D eigenvalue weighted by Crippen LogP contribution is -2.07. The number of hydrogen-bond donors (Lipinski definition) is 2. The predicted octanol–water partition coefficient (Wildman–Crippen LogP) is 4.37. The molecule has 0 atom stereocenters. The highest BCUT2D eigenvalue weighted by Gasteiger charge is 2.02. The average Bonchev–Trinajstić information content (AvgIpc) is 3.18. The van der Waals surface area contributed by atoms with Crippen LogP contribution in [0.15, 0.2) is 65.1 Å². The fraction of sp³-hybridized carbons (Fsp3) is 0.